The van der Waals surface area contributed by atoms with E-state index in [1.54, 1.807) is 35.0 Å². The van der Waals surface area contributed by atoms with E-state index >= 15 is 0 Å². The van der Waals surface area contributed by atoms with Gasteiger partial charge in [0.15, 0.2) is 17.6 Å². The second-order valence-electron chi connectivity index (χ2n) is 5.49. The van der Waals surface area contributed by atoms with Crippen molar-refractivity contribution in [3.63, 3.8) is 0 Å². The number of nitrogens with zero attached hydrogens (tertiary/aromatic N) is 2. The molecule has 3 rings (SSSR count). The van der Waals surface area contributed by atoms with Crippen molar-refractivity contribution in [2.75, 3.05) is 26.0 Å². The lowest BCUT2D eigenvalue weighted by Gasteiger charge is -2.29. The zero-order valence-electron chi connectivity index (χ0n) is 13.7. The van der Waals surface area contributed by atoms with Crippen LogP contribution >= 0.6 is 23.1 Å². The van der Waals surface area contributed by atoms with Gasteiger partial charge in [0.2, 0.25) is 5.91 Å². The first-order valence-corrected chi connectivity index (χ1v) is 9.72. The Morgan fingerprint density at radius 3 is 3.00 bits per heavy atom. The average Bonchev–Trinajstić information content (AvgIpc) is 3.02. The lowest BCUT2D eigenvalue weighted by Crippen LogP contribution is -2.42. The molecule has 2 aromatic rings. The third-order valence-corrected chi connectivity index (χ3v) is 5.55. The number of carbonyl (C=O) groups is 1. The molecule has 0 bridgehead atoms. The van der Waals surface area contributed by atoms with E-state index < -0.39 is 0 Å². The Morgan fingerprint density at radius 2 is 2.21 bits per heavy atom. The first kappa shape index (κ1) is 17.1. The third-order valence-electron chi connectivity index (χ3n) is 3.60. The maximum atomic E-state index is 12.4. The Bertz CT molecular complexity index is 705. The molecule has 1 aromatic carbocycles. The minimum Gasteiger partial charge on any atom is -0.486 e. The van der Waals surface area contributed by atoms with Crippen LogP contribution in [0.2, 0.25) is 0 Å². The number of fused-ring (bicyclic) bond motifs is 1. The largest absolute Gasteiger partial charge is 0.486 e. The van der Waals surface area contributed by atoms with E-state index in [0.717, 1.165) is 27.3 Å². The highest BCUT2D eigenvalue weighted by Crippen LogP contribution is 2.31. The molecule has 0 aliphatic carbocycles. The van der Waals surface area contributed by atoms with E-state index in [4.69, 9.17) is 9.47 Å². The van der Waals surface area contributed by atoms with Gasteiger partial charge in [-0.2, -0.15) is 0 Å². The van der Waals surface area contributed by atoms with Gasteiger partial charge in [-0.3, -0.25) is 4.79 Å². The van der Waals surface area contributed by atoms with Crippen LogP contribution in [0.25, 0.3) is 0 Å². The molecule has 128 valence electrons. The van der Waals surface area contributed by atoms with Crippen LogP contribution in [-0.4, -0.2) is 47.8 Å². The molecule has 1 aliphatic heterocycles. The van der Waals surface area contributed by atoms with Gasteiger partial charge in [0.25, 0.3) is 0 Å². The van der Waals surface area contributed by atoms with Crippen LogP contribution < -0.4 is 9.47 Å². The summed E-state index contributed by atoms with van der Waals surface area (Å²) in [5.74, 6) is 2.51. The van der Waals surface area contributed by atoms with Gasteiger partial charge in [-0.15, -0.1) is 11.3 Å². The van der Waals surface area contributed by atoms with Crippen molar-refractivity contribution in [2.24, 2.45) is 0 Å². The van der Waals surface area contributed by atoms with Gasteiger partial charge in [-0.25, -0.2) is 4.98 Å². The molecule has 0 saturated heterocycles. The van der Waals surface area contributed by atoms with E-state index in [2.05, 4.69) is 11.9 Å². The molecule has 1 aliphatic rings. The second kappa shape index (κ2) is 7.90. The van der Waals surface area contributed by atoms with E-state index in [1.807, 2.05) is 29.6 Å². The number of amides is 1. The maximum absolute atomic E-state index is 12.4. The maximum Gasteiger partial charge on any atom is 0.228 e. The predicted octanol–water partition coefficient (Wildman–Crippen LogP) is 3.10. The summed E-state index contributed by atoms with van der Waals surface area (Å²) in [5, 5.41) is 1.96. The number of hydrogen-bond donors (Lipinski definition) is 0. The number of thioether (sulfide) groups is 1. The van der Waals surface area contributed by atoms with Crippen LogP contribution in [0, 0.1) is 0 Å². The number of thiazole rings is 1. The highest BCUT2D eigenvalue weighted by atomic mass is 32.2. The summed E-state index contributed by atoms with van der Waals surface area (Å²) in [6.07, 6.45) is 0.164. The number of carbonyl (C=O) groups excluding carboxylic acids is 1. The van der Waals surface area contributed by atoms with Crippen molar-refractivity contribution in [1.29, 1.82) is 0 Å². The van der Waals surface area contributed by atoms with Gasteiger partial charge in [-0.1, -0.05) is 30.8 Å². The highest BCUT2D eigenvalue weighted by Gasteiger charge is 2.24. The number of likely N-dealkylation sites (N-methyl/N-ethyl adjacent to an activating group) is 1. The summed E-state index contributed by atoms with van der Waals surface area (Å²) < 4.78 is 12.6. The van der Waals surface area contributed by atoms with Crippen LogP contribution in [0.15, 0.2) is 34.0 Å². The fraction of sp³-hybridized carbons (Fsp3) is 0.412. The number of rotatable bonds is 6. The summed E-state index contributed by atoms with van der Waals surface area (Å²) in [6, 6.07) is 7.59. The molecule has 0 spiro atoms. The van der Waals surface area contributed by atoms with Crippen LogP contribution in [-0.2, 0) is 11.2 Å². The SMILES string of the molecule is CCSc1nc(CC(=O)N(C)CC2COc3ccccc3O2)cs1. The quantitative estimate of drug-likeness (QED) is 0.737. The smallest absolute Gasteiger partial charge is 0.228 e. The number of aromatic nitrogens is 1. The highest BCUT2D eigenvalue weighted by molar-refractivity contribution is 8.00. The zero-order chi connectivity index (χ0) is 16.9. The molecule has 1 unspecified atom stereocenters. The Labute approximate surface area is 150 Å². The van der Waals surface area contributed by atoms with Crippen LogP contribution in [0.4, 0.5) is 0 Å². The summed E-state index contributed by atoms with van der Waals surface area (Å²) >= 11 is 3.29. The van der Waals surface area contributed by atoms with Crippen molar-refractivity contribution in [3.8, 4) is 11.5 Å². The van der Waals surface area contributed by atoms with E-state index in [1.165, 1.54) is 0 Å². The van der Waals surface area contributed by atoms with Crippen molar-refractivity contribution >= 4 is 29.0 Å². The lowest BCUT2D eigenvalue weighted by atomic mass is 10.2. The number of ether oxygens (including phenoxy) is 2. The van der Waals surface area contributed by atoms with Crippen LogP contribution in [0.1, 0.15) is 12.6 Å². The molecule has 1 atom stereocenters. The topological polar surface area (TPSA) is 51.7 Å². The molecule has 0 fully saturated rings. The van der Waals surface area contributed by atoms with Gasteiger partial charge < -0.3 is 14.4 Å². The Hall–Kier alpha value is -1.73. The summed E-state index contributed by atoms with van der Waals surface area (Å²) in [5.41, 5.74) is 0.832. The first-order valence-electron chi connectivity index (χ1n) is 7.85. The molecule has 5 nitrogen and oxygen atoms in total. The molecular weight excluding hydrogens is 344 g/mol. The fourth-order valence-corrected chi connectivity index (χ4v) is 4.15. The van der Waals surface area contributed by atoms with E-state index in [-0.39, 0.29) is 12.0 Å². The normalized spacial score (nSPS) is 16.0. The number of benzene rings is 1. The fourth-order valence-electron chi connectivity index (χ4n) is 2.41. The molecule has 24 heavy (non-hydrogen) atoms. The molecule has 1 amide bonds. The molecule has 2 heterocycles. The molecule has 0 saturated carbocycles. The van der Waals surface area contributed by atoms with Gasteiger partial charge in [0.1, 0.15) is 10.9 Å². The molecule has 7 heteroatoms. The zero-order valence-corrected chi connectivity index (χ0v) is 15.4. The minimum absolute atomic E-state index is 0.0378. The Kier molecular flexibility index (Phi) is 5.63. The number of hydrogen-bond acceptors (Lipinski definition) is 6. The molecule has 0 radical (unpaired) electrons. The van der Waals surface area contributed by atoms with Crippen LogP contribution in [0.3, 0.4) is 0 Å². The van der Waals surface area contributed by atoms with Crippen LogP contribution in [0.5, 0.6) is 11.5 Å². The summed E-state index contributed by atoms with van der Waals surface area (Å²) in [4.78, 5) is 18.6. The summed E-state index contributed by atoms with van der Waals surface area (Å²) in [6.45, 7) is 3.03. The third kappa shape index (κ3) is 4.21. The standard InChI is InChI=1S/C17H20N2O3S2/c1-3-23-17-18-12(11-24-17)8-16(20)19(2)9-13-10-21-14-6-4-5-7-15(14)22-13/h4-7,11,13H,3,8-10H2,1-2H3. The summed E-state index contributed by atoms with van der Waals surface area (Å²) in [7, 11) is 1.79. The Balaban J connectivity index is 1.53. The predicted molar refractivity (Wildman–Crippen MR) is 96.2 cm³/mol. The average molecular weight is 364 g/mol. The Morgan fingerprint density at radius 1 is 1.42 bits per heavy atom. The lowest BCUT2D eigenvalue weighted by molar-refractivity contribution is -0.130. The number of para-hydroxylation sites is 2. The van der Waals surface area contributed by atoms with Gasteiger partial charge >= 0.3 is 0 Å². The van der Waals surface area contributed by atoms with Crippen molar-refractivity contribution in [2.45, 2.75) is 23.8 Å². The monoisotopic (exact) mass is 364 g/mol. The van der Waals surface area contributed by atoms with Gasteiger partial charge in [-0.05, 0) is 17.9 Å². The second-order valence-corrected chi connectivity index (χ2v) is 7.86. The first-order chi connectivity index (χ1) is 11.7. The molecule has 1 aromatic heterocycles. The van der Waals surface area contributed by atoms with Gasteiger partial charge in [0.05, 0.1) is 18.7 Å². The van der Waals surface area contributed by atoms with Crippen molar-refractivity contribution in [3.05, 3.63) is 35.3 Å². The van der Waals surface area contributed by atoms with Crippen molar-refractivity contribution in [1.82, 2.24) is 9.88 Å². The minimum atomic E-state index is -0.157. The van der Waals surface area contributed by atoms with E-state index in [9.17, 15) is 4.79 Å². The molecular formula is C17H20N2O3S2. The van der Waals surface area contributed by atoms with Gasteiger partial charge in [0, 0.05) is 12.4 Å². The van der Waals surface area contributed by atoms with Crippen molar-refractivity contribution < 1.29 is 14.3 Å². The van der Waals surface area contributed by atoms with E-state index in [0.29, 0.717) is 19.6 Å². The molecule has 0 N–H and O–H groups in total.